The molecule has 0 bridgehead atoms. The van der Waals surface area contributed by atoms with Crippen molar-refractivity contribution >= 4 is 35.0 Å². The number of thiophene rings is 1. The van der Waals surface area contributed by atoms with Crippen LogP contribution in [0.2, 0.25) is 0 Å². The van der Waals surface area contributed by atoms with Gasteiger partial charge in [0, 0.05) is 11.9 Å². The molecule has 1 heterocycles. The Labute approximate surface area is 115 Å². The van der Waals surface area contributed by atoms with E-state index in [1.807, 2.05) is 17.5 Å². The van der Waals surface area contributed by atoms with Crippen LogP contribution in [0.4, 0.5) is 0 Å². The summed E-state index contributed by atoms with van der Waals surface area (Å²) in [5.41, 5.74) is 0. The summed E-state index contributed by atoms with van der Waals surface area (Å²) >= 11 is 2.92. The minimum atomic E-state index is -0.267. The highest BCUT2D eigenvalue weighted by molar-refractivity contribution is 8.00. The topological polar surface area (TPSA) is 46.6 Å². The van der Waals surface area contributed by atoms with Crippen LogP contribution in [0.3, 0.4) is 0 Å². The van der Waals surface area contributed by atoms with Crippen LogP contribution in [-0.2, 0) is 20.9 Å². The monoisotopic (exact) mass is 287 g/mol. The molecule has 0 saturated heterocycles. The molecule has 0 saturated carbocycles. The minimum absolute atomic E-state index is 0.0256. The Balaban J connectivity index is 2.21. The second-order valence-electron chi connectivity index (χ2n) is 3.63. The highest BCUT2D eigenvalue weighted by Gasteiger charge is 2.11. The van der Waals surface area contributed by atoms with Gasteiger partial charge in [-0.25, -0.2) is 0 Å². The maximum Gasteiger partial charge on any atom is 0.315 e. The number of nitrogens with zero attached hydrogens (tertiary/aromatic N) is 1. The molecule has 6 heteroatoms. The van der Waals surface area contributed by atoms with Gasteiger partial charge in [0.15, 0.2) is 0 Å². The zero-order chi connectivity index (χ0) is 13.4. The quantitative estimate of drug-likeness (QED) is 0.720. The smallest absolute Gasteiger partial charge is 0.315 e. The third-order valence-electron chi connectivity index (χ3n) is 2.15. The summed E-state index contributed by atoms with van der Waals surface area (Å²) in [6, 6.07) is 3.97. The number of hydrogen-bond donors (Lipinski definition) is 0. The Kier molecular flexibility index (Phi) is 6.82. The van der Waals surface area contributed by atoms with E-state index in [0.717, 1.165) is 4.88 Å². The Morgan fingerprint density at radius 3 is 2.83 bits per heavy atom. The third-order valence-corrected chi connectivity index (χ3v) is 3.90. The first-order chi connectivity index (χ1) is 8.63. The van der Waals surface area contributed by atoms with Gasteiger partial charge in [-0.2, -0.15) is 0 Å². The molecular formula is C12H17NO3S2. The Bertz CT molecular complexity index is 379. The van der Waals surface area contributed by atoms with Crippen molar-refractivity contribution in [2.75, 3.05) is 25.2 Å². The summed E-state index contributed by atoms with van der Waals surface area (Å²) in [5, 5.41) is 1.99. The van der Waals surface area contributed by atoms with Crippen LogP contribution in [0, 0.1) is 0 Å². The number of hydrogen-bond acceptors (Lipinski definition) is 5. The normalized spacial score (nSPS) is 10.1. The van der Waals surface area contributed by atoms with Gasteiger partial charge in [-0.15, -0.1) is 23.1 Å². The molecule has 0 unspecified atom stereocenters. The van der Waals surface area contributed by atoms with Crippen LogP contribution in [0.1, 0.15) is 11.8 Å². The number of carbonyl (C=O) groups is 2. The molecule has 0 fully saturated rings. The van der Waals surface area contributed by atoms with Crippen LogP contribution in [0.25, 0.3) is 0 Å². The predicted molar refractivity (Wildman–Crippen MR) is 74.8 cm³/mol. The summed E-state index contributed by atoms with van der Waals surface area (Å²) in [4.78, 5) is 25.7. The molecule has 0 aromatic carbocycles. The van der Waals surface area contributed by atoms with Gasteiger partial charge >= 0.3 is 5.97 Å². The minimum Gasteiger partial charge on any atom is -0.465 e. The molecule has 100 valence electrons. The lowest BCUT2D eigenvalue weighted by Crippen LogP contribution is -2.27. The first kappa shape index (κ1) is 15.0. The van der Waals surface area contributed by atoms with Gasteiger partial charge < -0.3 is 9.64 Å². The molecule has 0 N–H and O–H groups in total. The van der Waals surface area contributed by atoms with Crippen molar-refractivity contribution in [1.29, 1.82) is 0 Å². The predicted octanol–water partition coefficient (Wildman–Crippen LogP) is 2.00. The van der Waals surface area contributed by atoms with E-state index in [0.29, 0.717) is 18.9 Å². The van der Waals surface area contributed by atoms with Crippen molar-refractivity contribution in [2.24, 2.45) is 0 Å². The summed E-state index contributed by atoms with van der Waals surface area (Å²) in [5.74, 6) is 0.293. The standard InChI is InChI=1S/C12H17NO3S2/c1-3-16-12(15)9-17-8-11(14)13(2)7-10-5-4-6-18-10/h4-6H,3,7-9H2,1-2H3. The summed E-state index contributed by atoms with van der Waals surface area (Å²) in [7, 11) is 1.77. The highest BCUT2D eigenvalue weighted by atomic mass is 32.2. The molecule has 4 nitrogen and oxygen atoms in total. The van der Waals surface area contributed by atoms with E-state index in [1.54, 1.807) is 30.2 Å². The third kappa shape index (κ3) is 5.55. The van der Waals surface area contributed by atoms with E-state index < -0.39 is 0 Å². The molecule has 0 aliphatic rings. The molecule has 0 atom stereocenters. The van der Waals surface area contributed by atoms with E-state index in [2.05, 4.69) is 0 Å². The first-order valence-electron chi connectivity index (χ1n) is 5.63. The molecule has 1 amide bonds. The van der Waals surface area contributed by atoms with E-state index in [4.69, 9.17) is 4.74 Å². The highest BCUT2D eigenvalue weighted by Crippen LogP contribution is 2.12. The Morgan fingerprint density at radius 1 is 1.44 bits per heavy atom. The van der Waals surface area contributed by atoms with Crippen LogP contribution >= 0.6 is 23.1 Å². The van der Waals surface area contributed by atoms with Crippen molar-refractivity contribution in [2.45, 2.75) is 13.5 Å². The van der Waals surface area contributed by atoms with Crippen LogP contribution in [0.5, 0.6) is 0 Å². The lowest BCUT2D eigenvalue weighted by Gasteiger charge is -2.15. The number of rotatable bonds is 7. The number of thioether (sulfide) groups is 1. The number of ether oxygens (including phenoxy) is 1. The summed E-state index contributed by atoms with van der Waals surface area (Å²) < 4.78 is 4.79. The number of carbonyl (C=O) groups excluding carboxylic acids is 2. The van der Waals surface area contributed by atoms with Gasteiger partial charge in [0.2, 0.25) is 5.91 Å². The summed E-state index contributed by atoms with van der Waals surface area (Å²) in [6.45, 7) is 2.77. The van der Waals surface area contributed by atoms with E-state index in [1.165, 1.54) is 11.8 Å². The van der Waals surface area contributed by atoms with Crippen LogP contribution < -0.4 is 0 Å². The molecule has 18 heavy (non-hydrogen) atoms. The zero-order valence-corrected chi connectivity index (χ0v) is 12.2. The molecule has 0 radical (unpaired) electrons. The van der Waals surface area contributed by atoms with E-state index in [-0.39, 0.29) is 17.6 Å². The molecule has 0 aliphatic carbocycles. The zero-order valence-electron chi connectivity index (χ0n) is 10.5. The molecule has 1 rings (SSSR count). The van der Waals surface area contributed by atoms with Crippen molar-refractivity contribution in [3.05, 3.63) is 22.4 Å². The van der Waals surface area contributed by atoms with E-state index >= 15 is 0 Å². The largest absolute Gasteiger partial charge is 0.465 e. The molecule has 0 aliphatic heterocycles. The maximum absolute atomic E-state index is 11.8. The maximum atomic E-state index is 11.8. The van der Waals surface area contributed by atoms with Gasteiger partial charge in [0.25, 0.3) is 0 Å². The van der Waals surface area contributed by atoms with Crippen LogP contribution in [0.15, 0.2) is 17.5 Å². The Hall–Kier alpha value is -1.01. The second kappa shape index (κ2) is 8.16. The fraction of sp³-hybridized carbons (Fsp3) is 0.500. The number of esters is 1. The second-order valence-corrected chi connectivity index (χ2v) is 5.64. The molecule has 1 aromatic heterocycles. The van der Waals surface area contributed by atoms with Crippen molar-refractivity contribution in [3.63, 3.8) is 0 Å². The first-order valence-corrected chi connectivity index (χ1v) is 7.66. The van der Waals surface area contributed by atoms with Crippen molar-refractivity contribution in [3.8, 4) is 0 Å². The summed E-state index contributed by atoms with van der Waals surface area (Å²) in [6.07, 6.45) is 0. The fourth-order valence-corrected chi connectivity index (χ4v) is 2.76. The van der Waals surface area contributed by atoms with Gasteiger partial charge in [-0.1, -0.05) is 6.07 Å². The van der Waals surface area contributed by atoms with Gasteiger partial charge in [0.1, 0.15) is 0 Å². The van der Waals surface area contributed by atoms with Crippen molar-refractivity contribution in [1.82, 2.24) is 4.90 Å². The lowest BCUT2D eigenvalue weighted by atomic mass is 10.4. The Morgan fingerprint density at radius 2 is 2.22 bits per heavy atom. The number of amides is 1. The lowest BCUT2D eigenvalue weighted by molar-refractivity contribution is -0.139. The van der Waals surface area contributed by atoms with E-state index in [9.17, 15) is 9.59 Å². The van der Waals surface area contributed by atoms with Crippen LogP contribution in [-0.4, -0.2) is 41.9 Å². The average Bonchev–Trinajstić information content (AvgIpc) is 2.82. The molecule has 1 aromatic rings. The van der Waals surface area contributed by atoms with Gasteiger partial charge in [0.05, 0.1) is 24.7 Å². The van der Waals surface area contributed by atoms with Crippen molar-refractivity contribution < 1.29 is 14.3 Å². The SMILES string of the molecule is CCOC(=O)CSCC(=O)N(C)Cc1cccs1. The molecular weight excluding hydrogens is 270 g/mol. The fourth-order valence-electron chi connectivity index (χ4n) is 1.26. The molecule has 0 spiro atoms. The van der Waals surface area contributed by atoms with Gasteiger partial charge in [-0.3, -0.25) is 9.59 Å². The van der Waals surface area contributed by atoms with Gasteiger partial charge in [-0.05, 0) is 18.4 Å². The average molecular weight is 287 g/mol.